The second-order valence-corrected chi connectivity index (χ2v) is 5.06. The third-order valence-electron chi connectivity index (χ3n) is 3.39. The van der Waals surface area contributed by atoms with E-state index in [0.29, 0.717) is 6.54 Å². The number of nitrogens with one attached hydrogen (secondary N) is 2. The number of hydrogen-bond acceptors (Lipinski definition) is 2. The van der Waals surface area contributed by atoms with Crippen molar-refractivity contribution in [3.05, 3.63) is 65.2 Å². The molecule has 2 amide bonds. The van der Waals surface area contributed by atoms with E-state index in [1.165, 1.54) is 6.07 Å². The van der Waals surface area contributed by atoms with Gasteiger partial charge in [0.25, 0.3) is 0 Å². The number of urea groups is 1. The van der Waals surface area contributed by atoms with Crippen molar-refractivity contribution in [3.63, 3.8) is 0 Å². The van der Waals surface area contributed by atoms with Gasteiger partial charge in [-0.2, -0.15) is 0 Å². The van der Waals surface area contributed by atoms with Crippen molar-refractivity contribution in [2.24, 2.45) is 0 Å². The van der Waals surface area contributed by atoms with E-state index in [4.69, 9.17) is 4.74 Å². The summed E-state index contributed by atoms with van der Waals surface area (Å²) in [5, 5.41) is 5.29. The Kier molecular flexibility index (Phi) is 5.51. The van der Waals surface area contributed by atoms with Gasteiger partial charge < -0.3 is 15.4 Å². The third-order valence-corrected chi connectivity index (χ3v) is 3.39. The van der Waals surface area contributed by atoms with Gasteiger partial charge in [-0.15, -0.1) is 0 Å². The number of halogens is 2. The molecule has 23 heavy (non-hydrogen) atoms. The van der Waals surface area contributed by atoms with E-state index in [0.717, 1.165) is 23.4 Å². The van der Waals surface area contributed by atoms with Gasteiger partial charge in [0.15, 0.2) is 0 Å². The lowest BCUT2D eigenvalue weighted by Crippen LogP contribution is -2.36. The van der Waals surface area contributed by atoms with Crippen LogP contribution in [-0.4, -0.2) is 13.1 Å². The highest BCUT2D eigenvalue weighted by atomic mass is 19.1. The van der Waals surface area contributed by atoms with Crippen molar-refractivity contribution in [2.75, 3.05) is 7.11 Å². The fourth-order valence-electron chi connectivity index (χ4n) is 2.10. The molecule has 0 saturated heterocycles. The number of rotatable bonds is 5. The lowest BCUT2D eigenvalue weighted by Gasteiger charge is -2.16. The van der Waals surface area contributed by atoms with Crippen LogP contribution in [0.25, 0.3) is 0 Å². The van der Waals surface area contributed by atoms with Crippen molar-refractivity contribution in [2.45, 2.75) is 19.5 Å². The maximum absolute atomic E-state index is 13.6. The summed E-state index contributed by atoms with van der Waals surface area (Å²) in [6.07, 6.45) is 0. The van der Waals surface area contributed by atoms with Crippen molar-refractivity contribution >= 4 is 6.03 Å². The summed E-state index contributed by atoms with van der Waals surface area (Å²) in [6.45, 7) is 1.96. The number of methoxy groups -OCH3 is 1. The molecule has 0 unspecified atom stereocenters. The molecule has 122 valence electrons. The zero-order valence-electron chi connectivity index (χ0n) is 12.9. The summed E-state index contributed by atoms with van der Waals surface area (Å²) in [4.78, 5) is 11.9. The third kappa shape index (κ3) is 4.67. The van der Waals surface area contributed by atoms with Gasteiger partial charge in [0.2, 0.25) is 0 Å². The van der Waals surface area contributed by atoms with E-state index < -0.39 is 23.7 Å². The van der Waals surface area contributed by atoms with Crippen LogP contribution in [0.15, 0.2) is 42.5 Å². The van der Waals surface area contributed by atoms with Crippen LogP contribution in [0, 0.1) is 11.6 Å². The molecule has 1 atom stereocenters. The molecule has 0 radical (unpaired) electrons. The number of benzene rings is 2. The molecule has 0 saturated carbocycles. The first kappa shape index (κ1) is 16.7. The predicted molar refractivity (Wildman–Crippen MR) is 83.1 cm³/mol. The molecule has 0 aliphatic rings. The second kappa shape index (κ2) is 7.58. The molecule has 2 aromatic rings. The van der Waals surface area contributed by atoms with Gasteiger partial charge >= 0.3 is 6.03 Å². The Labute approximate surface area is 133 Å². The van der Waals surface area contributed by atoms with E-state index in [2.05, 4.69) is 10.6 Å². The Balaban J connectivity index is 1.88. The number of carbonyl (C=O) groups is 1. The fraction of sp³-hybridized carbons (Fsp3) is 0.235. The van der Waals surface area contributed by atoms with Crippen LogP contribution >= 0.6 is 0 Å². The van der Waals surface area contributed by atoms with Gasteiger partial charge in [-0.25, -0.2) is 13.6 Å². The molecule has 0 aliphatic carbocycles. The lowest BCUT2D eigenvalue weighted by atomic mass is 10.1. The van der Waals surface area contributed by atoms with Crippen LogP contribution in [0.2, 0.25) is 0 Å². The van der Waals surface area contributed by atoms with Gasteiger partial charge in [-0.3, -0.25) is 0 Å². The number of amides is 2. The molecule has 2 N–H and O–H groups in total. The first-order valence-electron chi connectivity index (χ1n) is 7.12. The predicted octanol–water partition coefficient (Wildman–Crippen LogP) is 3.53. The summed E-state index contributed by atoms with van der Waals surface area (Å²) in [5.74, 6) is -0.603. The van der Waals surface area contributed by atoms with Gasteiger partial charge in [0, 0.05) is 18.2 Å². The molecule has 4 nitrogen and oxygen atoms in total. The molecule has 0 heterocycles. The normalized spacial score (nSPS) is 11.7. The van der Waals surface area contributed by atoms with Crippen LogP contribution in [0.5, 0.6) is 5.75 Å². The summed E-state index contributed by atoms with van der Waals surface area (Å²) in [6, 6.07) is 9.53. The Hall–Kier alpha value is -2.63. The smallest absolute Gasteiger partial charge is 0.315 e. The van der Waals surface area contributed by atoms with Gasteiger partial charge in [0.1, 0.15) is 17.4 Å². The molecular formula is C17H18F2N2O2. The number of carbonyl (C=O) groups excluding carboxylic acids is 1. The number of ether oxygens (including phenoxy) is 1. The summed E-state index contributed by atoms with van der Waals surface area (Å²) in [5.41, 5.74) is 1.13. The van der Waals surface area contributed by atoms with Crippen molar-refractivity contribution in [3.8, 4) is 5.75 Å². The minimum Gasteiger partial charge on any atom is -0.497 e. The zero-order valence-corrected chi connectivity index (χ0v) is 12.9. The Bertz CT molecular complexity index is 675. The number of hydrogen-bond donors (Lipinski definition) is 2. The van der Waals surface area contributed by atoms with Crippen molar-refractivity contribution in [1.29, 1.82) is 0 Å². The molecule has 2 aromatic carbocycles. The maximum Gasteiger partial charge on any atom is 0.315 e. The first-order chi connectivity index (χ1) is 11.0. The standard InChI is InChI=1S/C17H18F2N2O2/c1-11(15-8-5-13(18)9-16(15)19)21-17(22)20-10-12-3-6-14(23-2)7-4-12/h3-9,11H,10H2,1-2H3,(H2,20,21,22)/t11-/m0/s1. The minimum atomic E-state index is -0.687. The monoisotopic (exact) mass is 320 g/mol. The fourth-order valence-corrected chi connectivity index (χ4v) is 2.10. The van der Waals surface area contributed by atoms with E-state index in [1.54, 1.807) is 26.2 Å². The first-order valence-corrected chi connectivity index (χ1v) is 7.12. The van der Waals surface area contributed by atoms with Gasteiger partial charge in [-0.05, 0) is 30.7 Å². The highest BCUT2D eigenvalue weighted by Crippen LogP contribution is 2.17. The zero-order chi connectivity index (χ0) is 16.8. The Morgan fingerprint density at radius 1 is 1.17 bits per heavy atom. The molecule has 0 aromatic heterocycles. The van der Waals surface area contributed by atoms with E-state index >= 15 is 0 Å². The molecular weight excluding hydrogens is 302 g/mol. The van der Waals surface area contributed by atoms with Crippen molar-refractivity contribution < 1.29 is 18.3 Å². The van der Waals surface area contributed by atoms with Gasteiger partial charge in [0.05, 0.1) is 13.2 Å². The molecule has 0 aliphatic heterocycles. The summed E-state index contributed by atoms with van der Waals surface area (Å²) >= 11 is 0. The average Bonchev–Trinajstić information content (AvgIpc) is 2.53. The SMILES string of the molecule is COc1ccc(CNC(=O)N[C@@H](C)c2ccc(F)cc2F)cc1. The molecule has 0 fully saturated rings. The molecule has 6 heteroatoms. The van der Waals surface area contributed by atoms with E-state index in [-0.39, 0.29) is 5.56 Å². The summed E-state index contributed by atoms with van der Waals surface area (Å²) < 4.78 is 31.6. The van der Waals surface area contributed by atoms with Crippen LogP contribution in [-0.2, 0) is 6.54 Å². The van der Waals surface area contributed by atoms with Crippen LogP contribution < -0.4 is 15.4 Å². The largest absolute Gasteiger partial charge is 0.497 e. The van der Waals surface area contributed by atoms with Crippen LogP contribution in [0.3, 0.4) is 0 Å². The summed E-state index contributed by atoms with van der Waals surface area (Å²) in [7, 11) is 1.58. The van der Waals surface area contributed by atoms with Crippen molar-refractivity contribution in [1.82, 2.24) is 10.6 Å². The van der Waals surface area contributed by atoms with E-state index in [9.17, 15) is 13.6 Å². The highest BCUT2D eigenvalue weighted by molar-refractivity contribution is 5.74. The Morgan fingerprint density at radius 2 is 1.87 bits per heavy atom. The molecule has 0 spiro atoms. The molecule has 2 rings (SSSR count). The Morgan fingerprint density at radius 3 is 2.48 bits per heavy atom. The second-order valence-electron chi connectivity index (χ2n) is 5.06. The van der Waals surface area contributed by atoms with E-state index in [1.807, 2.05) is 12.1 Å². The lowest BCUT2D eigenvalue weighted by molar-refractivity contribution is 0.237. The molecule has 0 bridgehead atoms. The topological polar surface area (TPSA) is 50.4 Å². The minimum absolute atomic E-state index is 0.228. The average molecular weight is 320 g/mol. The quantitative estimate of drug-likeness (QED) is 0.885. The highest BCUT2D eigenvalue weighted by Gasteiger charge is 2.14. The van der Waals surface area contributed by atoms with Crippen LogP contribution in [0.1, 0.15) is 24.1 Å². The maximum atomic E-state index is 13.6. The van der Waals surface area contributed by atoms with Crippen LogP contribution in [0.4, 0.5) is 13.6 Å². The van der Waals surface area contributed by atoms with Gasteiger partial charge in [-0.1, -0.05) is 18.2 Å².